The maximum absolute atomic E-state index is 12.4. The van der Waals surface area contributed by atoms with Gasteiger partial charge in [-0.25, -0.2) is 4.98 Å². The van der Waals surface area contributed by atoms with Crippen LogP contribution >= 0.6 is 11.3 Å². The number of nitrogens with one attached hydrogen (secondary N) is 2. The molecule has 31 heavy (non-hydrogen) atoms. The molecule has 4 rings (SSSR count). The second-order valence-corrected chi connectivity index (χ2v) is 7.70. The van der Waals surface area contributed by atoms with Crippen LogP contribution in [0.25, 0.3) is 12.2 Å². The molecule has 0 aliphatic heterocycles. The summed E-state index contributed by atoms with van der Waals surface area (Å²) >= 11 is 1.38. The fourth-order valence-corrected chi connectivity index (χ4v) is 3.53. The van der Waals surface area contributed by atoms with Crippen molar-refractivity contribution in [1.29, 1.82) is 0 Å². The predicted octanol–water partition coefficient (Wildman–Crippen LogP) is 1.58. The van der Waals surface area contributed by atoms with E-state index in [1.54, 1.807) is 29.9 Å². The van der Waals surface area contributed by atoms with E-state index in [1.807, 2.05) is 42.6 Å². The summed E-state index contributed by atoms with van der Waals surface area (Å²) < 4.78 is 5.77. The Kier molecular flexibility index (Phi) is 6.49. The number of ether oxygens (including phenoxy) is 1. The van der Waals surface area contributed by atoms with Crippen LogP contribution in [0.5, 0.6) is 5.75 Å². The Morgan fingerprint density at radius 1 is 0.968 bits per heavy atom. The molecule has 4 aromatic rings. The average Bonchev–Trinajstić information content (AvgIpc) is 3.30. The van der Waals surface area contributed by atoms with E-state index in [9.17, 15) is 9.59 Å². The van der Waals surface area contributed by atoms with E-state index in [2.05, 4.69) is 19.9 Å². The number of benzene rings is 1. The van der Waals surface area contributed by atoms with Gasteiger partial charge in [-0.1, -0.05) is 18.2 Å². The SMILES string of the molecule is O=c1[nH]/c(=C\c2nccs2)c(=O)[nH]/c1=C\c1ccc(OCCCc2cccnc2)cc1. The maximum Gasteiger partial charge on any atom is 0.272 e. The van der Waals surface area contributed by atoms with E-state index in [0.29, 0.717) is 11.6 Å². The molecule has 0 radical (unpaired) electrons. The van der Waals surface area contributed by atoms with Crippen LogP contribution in [0.3, 0.4) is 0 Å². The molecular weight excluding hydrogens is 412 g/mol. The minimum atomic E-state index is -0.380. The lowest BCUT2D eigenvalue weighted by atomic mass is 10.2. The summed E-state index contributed by atoms with van der Waals surface area (Å²) in [6, 6.07) is 11.3. The van der Waals surface area contributed by atoms with Crippen molar-refractivity contribution >= 4 is 23.5 Å². The number of hydrogen-bond donors (Lipinski definition) is 2. The molecule has 0 bridgehead atoms. The molecular formula is C23H20N4O3S. The molecule has 8 heteroatoms. The van der Waals surface area contributed by atoms with Gasteiger partial charge in [0, 0.05) is 30.0 Å². The molecule has 7 nitrogen and oxygen atoms in total. The Morgan fingerprint density at radius 2 is 1.74 bits per heavy atom. The van der Waals surface area contributed by atoms with Gasteiger partial charge in [0.05, 0.1) is 6.61 Å². The van der Waals surface area contributed by atoms with Crippen LogP contribution in [0.2, 0.25) is 0 Å². The van der Waals surface area contributed by atoms with Gasteiger partial charge in [-0.05, 0) is 48.2 Å². The first-order valence-electron chi connectivity index (χ1n) is 9.75. The molecule has 0 spiro atoms. The van der Waals surface area contributed by atoms with E-state index in [4.69, 9.17) is 4.74 Å². The molecule has 0 saturated carbocycles. The third-order valence-corrected chi connectivity index (χ3v) is 5.22. The molecule has 0 fully saturated rings. The zero-order valence-electron chi connectivity index (χ0n) is 16.6. The minimum Gasteiger partial charge on any atom is -0.494 e. The van der Waals surface area contributed by atoms with Gasteiger partial charge >= 0.3 is 0 Å². The van der Waals surface area contributed by atoms with E-state index < -0.39 is 0 Å². The van der Waals surface area contributed by atoms with Gasteiger partial charge in [0.2, 0.25) is 0 Å². The summed E-state index contributed by atoms with van der Waals surface area (Å²) in [5, 5.41) is 2.81. The number of aromatic amines is 2. The third-order valence-electron chi connectivity index (χ3n) is 4.50. The van der Waals surface area contributed by atoms with Crippen molar-refractivity contribution in [2.75, 3.05) is 6.61 Å². The van der Waals surface area contributed by atoms with Crippen molar-refractivity contribution in [3.05, 3.63) is 108 Å². The molecule has 3 aromatic heterocycles. The number of hydrogen-bond acceptors (Lipinski definition) is 6. The second-order valence-electron chi connectivity index (χ2n) is 6.78. The summed E-state index contributed by atoms with van der Waals surface area (Å²) in [6.45, 7) is 0.599. The van der Waals surface area contributed by atoms with Crippen LogP contribution in [0.4, 0.5) is 0 Å². The highest BCUT2D eigenvalue weighted by atomic mass is 32.1. The van der Waals surface area contributed by atoms with Crippen LogP contribution in [0.15, 0.2) is 70.0 Å². The van der Waals surface area contributed by atoms with Gasteiger partial charge in [-0.3, -0.25) is 14.6 Å². The second kappa shape index (κ2) is 9.82. The summed E-state index contributed by atoms with van der Waals surface area (Å²) in [4.78, 5) is 38.1. The zero-order valence-corrected chi connectivity index (χ0v) is 17.4. The highest BCUT2D eigenvalue weighted by Crippen LogP contribution is 2.13. The smallest absolute Gasteiger partial charge is 0.272 e. The van der Waals surface area contributed by atoms with Gasteiger partial charge in [0.1, 0.15) is 21.5 Å². The van der Waals surface area contributed by atoms with Crippen LogP contribution in [0, 0.1) is 0 Å². The standard InChI is InChI=1S/C23H20N4O3S/c28-22-19(26-23(29)20(27-22)14-21-25-10-12-31-21)13-16-5-7-18(8-6-16)30-11-2-4-17-3-1-9-24-15-17/h1,3,5-10,12-15H,2,4,11H2,(H,26,29)(H,27,28)/b19-13-,20-14-. The molecule has 3 heterocycles. The van der Waals surface area contributed by atoms with Gasteiger partial charge < -0.3 is 14.7 Å². The minimum absolute atomic E-state index is 0.173. The number of aryl methyl sites for hydroxylation is 1. The molecule has 0 amide bonds. The van der Waals surface area contributed by atoms with Gasteiger partial charge in [0.25, 0.3) is 11.1 Å². The predicted molar refractivity (Wildman–Crippen MR) is 121 cm³/mol. The molecule has 0 unspecified atom stereocenters. The lowest BCUT2D eigenvalue weighted by Gasteiger charge is -2.06. The van der Waals surface area contributed by atoms with Crippen LogP contribution in [-0.2, 0) is 6.42 Å². The van der Waals surface area contributed by atoms with Crippen molar-refractivity contribution in [2.24, 2.45) is 0 Å². The van der Waals surface area contributed by atoms with Crippen molar-refractivity contribution in [3.63, 3.8) is 0 Å². The van der Waals surface area contributed by atoms with Gasteiger partial charge in [0.15, 0.2) is 0 Å². The van der Waals surface area contributed by atoms with E-state index >= 15 is 0 Å². The quantitative estimate of drug-likeness (QED) is 0.432. The average molecular weight is 433 g/mol. The van der Waals surface area contributed by atoms with Crippen molar-refractivity contribution in [1.82, 2.24) is 19.9 Å². The summed E-state index contributed by atoms with van der Waals surface area (Å²) in [6.07, 6.45) is 10.2. The molecule has 0 atom stereocenters. The first kappa shape index (κ1) is 20.5. The van der Waals surface area contributed by atoms with Gasteiger partial charge in [-0.15, -0.1) is 11.3 Å². The third kappa shape index (κ3) is 5.64. The number of aromatic nitrogens is 4. The Labute approximate surface area is 181 Å². The summed E-state index contributed by atoms with van der Waals surface area (Å²) in [5.41, 5.74) is 1.21. The number of H-pyrrole nitrogens is 2. The summed E-state index contributed by atoms with van der Waals surface area (Å²) in [7, 11) is 0. The maximum atomic E-state index is 12.4. The van der Waals surface area contributed by atoms with Crippen molar-refractivity contribution < 1.29 is 4.74 Å². The fourth-order valence-electron chi connectivity index (χ4n) is 2.96. The zero-order chi connectivity index (χ0) is 21.5. The Hall–Kier alpha value is -3.78. The lowest BCUT2D eigenvalue weighted by Crippen LogP contribution is -2.46. The van der Waals surface area contributed by atoms with Crippen LogP contribution in [0.1, 0.15) is 22.6 Å². The van der Waals surface area contributed by atoms with Crippen LogP contribution in [-0.4, -0.2) is 26.5 Å². The Balaban J connectivity index is 1.43. The normalized spacial score (nSPS) is 12.3. The molecule has 0 aliphatic carbocycles. The number of thiazole rings is 1. The van der Waals surface area contributed by atoms with Gasteiger partial charge in [-0.2, -0.15) is 0 Å². The van der Waals surface area contributed by atoms with Crippen LogP contribution < -0.4 is 26.6 Å². The highest BCUT2D eigenvalue weighted by molar-refractivity contribution is 7.10. The molecule has 1 aromatic carbocycles. The first-order valence-corrected chi connectivity index (χ1v) is 10.6. The Bertz CT molecular complexity index is 1360. The van der Waals surface area contributed by atoms with Crippen molar-refractivity contribution in [3.8, 4) is 5.75 Å². The molecule has 0 aliphatic rings. The highest BCUT2D eigenvalue weighted by Gasteiger charge is 1.99. The van der Waals surface area contributed by atoms with E-state index in [-0.39, 0.29) is 21.8 Å². The number of pyridine rings is 1. The number of rotatable bonds is 7. The lowest BCUT2D eigenvalue weighted by molar-refractivity contribution is 0.311. The van der Waals surface area contributed by atoms with Crippen molar-refractivity contribution in [2.45, 2.75) is 12.8 Å². The topological polar surface area (TPSA) is 101 Å². The Morgan fingerprint density at radius 3 is 2.42 bits per heavy atom. The number of nitrogens with zero attached hydrogens (tertiary/aromatic N) is 2. The van der Waals surface area contributed by atoms with E-state index in [1.165, 1.54) is 16.9 Å². The fraction of sp³-hybridized carbons (Fsp3) is 0.130. The van der Waals surface area contributed by atoms with E-state index in [0.717, 1.165) is 24.2 Å². The molecule has 2 N–H and O–H groups in total. The first-order chi connectivity index (χ1) is 15.2. The largest absolute Gasteiger partial charge is 0.494 e. The molecule has 156 valence electrons. The monoisotopic (exact) mass is 432 g/mol. The molecule has 0 saturated heterocycles. The summed E-state index contributed by atoms with van der Waals surface area (Å²) in [5.74, 6) is 0.749.